The minimum Gasteiger partial charge on any atom is -0.348 e. The minimum atomic E-state index is -0.539. The third-order valence-corrected chi connectivity index (χ3v) is 6.88. The van der Waals surface area contributed by atoms with Crippen LogP contribution in [0.25, 0.3) is 6.08 Å². The van der Waals surface area contributed by atoms with Crippen LogP contribution in [-0.2, 0) is 24.3 Å². The van der Waals surface area contributed by atoms with Gasteiger partial charge in [0.25, 0.3) is 11.1 Å². The van der Waals surface area contributed by atoms with Gasteiger partial charge in [0, 0.05) is 28.5 Å². The molecule has 3 aromatic rings. The molecule has 0 atom stereocenters. The first kappa shape index (κ1) is 22.4. The van der Waals surface area contributed by atoms with E-state index in [9.17, 15) is 14.0 Å². The van der Waals surface area contributed by atoms with Crippen molar-refractivity contribution < 1.29 is 14.0 Å². The normalized spacial score (nSPS) is 15.2. The fraction of sp³-hybridized carbons (Fsp3) is 0.200. The number of aromatic nitrogens is 1. The molecule has 4 rings (SSSR count). The van der Waals surface area contributed by atoms with Crippen molar-refractivity contribution in [1.29, 1.82) is 0 Å². The van der Waals surface area contributed by atoms with Crippen LogP contribution in [-0.4, -0.2) is 20.6 Å². The highest BCUT2D eigenvalue weighted by Crippen LogP contribution is 2.35. The number of thioether (sulfide) groups is 1. The van der Waals surface area contributed by atoms with Crippen LogP contribution in [0.3, 0.4) is 0 Å². The average molecular weight is 469 g/mol. The summed E-state index contributed by atoms with van der Waals surface area (Å²) in [4.78, 5) is 26.8. The highest BCUT2D eigenvalue weighted by atomic mass is 35.5. The number of aryl methyl sites for hydroxylation is 2. The van der Waals surface area contributed by atoms with Gasteiger partial charge in [0.2, 0.25) is 0 Å². The van der Waals surface area contributed by atoms with Gasteiger partial charge in [-0.15, -0.1) is 0 Å². The molecule has 164 valence electrons. The number of carbonyl (C=O) groups excluding carboxylic acids is 2. The number of hydrogen-bond donors (Lipinski definition) is 0. The largest absolute Gasteiger partial charge is 0.348 e. The number of nitrogens with zero attached hydrogens (tertiary/aromatic N) is 2. The molecule has 0 radical (unpaired) electrons. The Morgan fingerprint density at radius 3 is 2.53 bits per heavy atom. The maximum Gasteiger partial charge on any atom is 0.293 e. The van der Waals surface area contributed by atoms with E-state index in [1.807, 2.05) is 38.1 Å². The van der Waals surface area contributed by atoms with E-state index < -0.39 is 17.0 Å². The first-order valence-corrected chi connectivity index (χ1v) is 11.4. The van der Waals surface area contributed by atoms with Gasteiger partial charge in [0.15, 0.2) is 0 Å². The monoisotopic (exact) mass is 468 g/mol. The lowest BCUT2D eigenvalue weighted by atomic mass is 10.1. The molecule has 0 spiro atoms. The smallest absolute Gasteiger partial charge is 0.293 e. The quantitative estimate of drug-likeness (QED) is 0.394. The molecule has 0 bridgehead atoms. The third kappa shape index (κ3) is 4.52. The second kappa shape index (κ2) is 9.35. The number of benzene rings is 2. The SMILES string of the molecule is Cc1cc(/C=C2\SC(=O)N(Cc3c(F)cccc3Cl)C2=O)c(C)n1CCc1ccccc1. The zero-order chi connectivity index (χ0) is 22.8. The van der Waals surface area contributed by atoms with Crippen LogP contribution in [0.2, 0.25) is 5.02 Å². The van der Waals surface area contributed by atoms with Crippen LogP contribution >= 0.6 is 23.4 Å². The number of amides is 2. The fourth-order valence-corrected chi connectivity index (χ4v) is 4.87. The summed E-state index contributed by atoms with van der Waals surface area (Å²) in [6.07, 6.45) is 2.64. The van der Waals surface area contributed by atoms with Crippen LogP contribution < -0.4 is 0 Å². The maximum atomic E-state index is 14.1. The molecule has 7 heteroatoms. The van der Waals surface area contributed by atoms with Crippen LogP contribution in [0.15, 0.2) is 59.5 Å². The van der Waals surface area contributed by atoms with E-state index in [0.717, 1.165) is 46.6 Å². The Hall–Kier alpha value is -2.83. The fourth-order valence-electron chi connectivity index (χ4n) is 3.82. The third-order valence-electron chi connectivity index (χ3n) is 5.62. The molecule has 0 N–H and O–H groups in total. The van der Waals surface area contributed by atoms with E-state index >= 15 is 0 Å². The lowest BCUT2D eigenvalue weighted by molar-refractivity contribution is -0.123. The molecular weight excluding hydrogens is 447 g/mol. The summed E-state index contributed by atoms with van der Waals surface area (Å²) in [5, 5.41) is -0.242. The molecule has 4 nitrogen and oxygen atoms in total. The van der Waals surface area contributed by atoms with E-state index in [2.05, 4.69) is 16.7 Å². The Morgan fingerprint density at radius 1 is 1.06 bits per heavy atom. The Balaban J connectivity index is 1.54. The first-order valence-electron chi connectivity index (χ1n) is 10.2. The van der Waals surface area contributed by atoms with Gasteiger partial charge in [-0.3, -0.25) is 14.5 Å². The van der Waals surface area contributed by atoms with E-state index in [1.54, 1.807) is 12.1 Å². The predicted octanol–water partition coefficient (Wildman–Crippen LogP) is 6.38. The molecular formula is C25H22ClFN2O2S. The highest BCUT2D eigenvalue weighted by Gasteiger charge is 2.36. The second-order valence-corrected chi connectivity index (χ2v) is 9.08. The lowest BCUT2D eigenvalue weighted by Crippen LogP contribution is -2.28. The molecule has 0 aliphatic carbocycles. The van der Waals surface area contributed by atoms with Crippen LogP contribution in [0.1, 0.15) is 28.1 Å². The van der Waals surface area contributed by atoms with Crippen molar-refractivity contribution in [3.63, 3.8) is 0 Å². The summed E-state index contributed by atoms with van der Waals surface area (Å²) in [6.45, 7) is 4.67. The maximum absolute atomic E-state index is 14.1. The Bertz CT molecular complexity index is 1200. The predicted molar refractivity (Wildman–Crippen MR) is 127 cm³/mol. The van der Waals surface area contributed by atoms with E-state index in [4.69, 9.17) is 11.6 Å². The molecule has 2 aromatic carbocycles. The van der Waals surface area contributed by atoms with Crippen molar-refractivity contribution in [2.24, 2.45) is 0 Å². The van der Waals surface area contributed by atoms with Gasteiger partial charge < -0.3 is 4.57 Å². The minimum absolute atomic E-state index is 0.136. The summed E-state index contributed by atoms with van der Waals surface area (Å²) >= 11 is 6.94. The Morgan fingerprint density at radius 2 is 1.81 bits per heavy atom. The zero-order valence-electron chi connectivity index (χ0n) is 17.8. The van der Waals surface area contributed by atoms with E-state index in [0.29, 0.717) is 4.91 Å². The number of rotatable bonds is 6. The zero-order valence-corrected chi connectivity index (χ0v) is 19.3. The van der Waals surface area contributed by atoms with Gasteiger partial charge in [-0.25, -0.2) is 4.39 Å². The first-order chi connectivity index (χ1) is 15.3. The molecule has 1 aliphatic rings. The van der Waals surface area contributed by atoms with Crippen molar-refractivity contribution in [3.05, 3.63) is 98.4 Å². The molecule has 0 saturated carbocycles. The molecule has 0 unspecified atom stereocenters. The second-order valence-electron chi connectivity index (χ2n) is 7.68. The van der Waals surface area contributed by atoms with Crippen molar-refractivity contribution in [3.8, 4) is 0 Å². The van der Waals surface area contributed by atoms with E-state index in [1.165, 1.54) is 17.7 Å². The Kier molecular flexibility index (Phi) is 6.53. The lowest BCUT2D eigenvalue weighted by Gasteiger charge is -2.14. The molecule has 2 amide bonds. The summed E-state index contributed by atoms with van der Waals surface area (Å²) in [5.41, 5.74) is 4.40. The van der Waals surface area contributed by atoms with Gasteiger partial charge in [-0.05, 0) is 67.4 Å². The van der Waals surface area contributed by atoms with Gasteiger partial charge in [0.05, 0.1) is 11.4 Å². The summed E-state index contributed by atoms with van der Waals surface area (Å²) in [7, 11) is 0. The van der Waals surface area contributed by atoms with Gasteiger partial charge in [-0.2, -0.15) is 0 Å². The van der Waals surface area contributed by atoms with Crippen LogP contribution in [0, 0.1) is 19.7 Å². The van der Waals surface area contributed by atoms with Crippen molar-refractivity contribution >= 4 is 40.6 Å². The van der Waals surface area contributed by atoms with Crippen LogP contribution in [0.4, 0.5) is 9.18 Å². The Labute approximate surface area is 195 Å². The number of halogens is 2. The summed E-state index contributed by atoms with van der Waals surface area (Å²) in [5.74, 6) is -0.976. The molecule has 2 heterocycles. The molecule has 1 aromatic heterocycles. The van der Waals surface area contributed by atoms with Crippen LogP contribution in [0.5, 0.6) is 0 Å². The van der Waals surface area contributed by atoms with Crippen molar-refractivity contribution in [2.45, 2.75) is 33.4 Å². The van der Waals surface area contributed by atoms with E-state index in [-0.39, 0.29) is 17.1 Å². The topological polar surface area (TPSA) is 42.3 Å². The molecule has 1 saturated heterocycles. The molecule has 32 heavy (non-hydrogen) atoms. The van der Waals surface area contributed by atoms with Crippen molar-refractivity contribution in [1.82, 2.24) is 9.47 Å². The number of carbonyl (C=O) groups is 2. The van der Waals surface area contributed by atoms with Crippen molar-refractivity contribution in [2.75, 3.05) is 0 Å². The highest BCUT2D eigenvalue weighted by molar-refractivity contribution is 8.18. The van der Waals surface area contributed by atoms with Gasteiger partial charge >= 0.3 is 0 Å². The number of hydrogen-bond acceptors (Lipinski definition) is 3. The number of imide groups is 1. The summed E-state index contributed by atoms with van der Waals surface area (Å²) in [6, 6.07) is 16.6. The molecule has 1 fully saturated rings. The van der Waals surface area contributed by atoms with Gasteiger partial charge in [-0.1, -0.05) is 48.0 Å². The molecule has 1 aliphatic heterocycles. The standard InChI is InChI=1S/C25H22ClFN2O2S/c1-16-13-19(17(2)28(16)12-11-18-7-4-3-5-8-18)14-23-24(30)29(25(31)32-23)15-20-21(26)9-6-10-22(20)27/h3-10,13-14H,11-12,15H2,1-2H3/b23-14-. The van der Waals surface area contributed by atoms with Gasteiger partial charge in [0.1, 0.15) is 5.82 Å². The summed E-state index contributed by atoms with van der Waals surface area (Å²) < 4.78 is 16.3. The average Bonchev–Trinajstić information content (AvgIpc) is 3.19.